The Labute approximate surface area is 146 Å². The Hall–Kier alpha value is -1.86. The second-order valence-electron chi connectivity index (χ2n) is 5.76. The van der Waals surface area contributed by atoms with E-state index in [2.05, 4.69) is 17.1 Å². The predicted octanol–water partition coefficient (Wildman–Crippen LogP) is 2.21. The summed E-state index contributed by atoms with van der Waals surface area (Å²) in [7, 11) is 1.93. The molecule has 1 saturated heterocycles. The van der Waals surface area contributed by atoms with Gasteiger partial charge in [0.2, 0.25) is 5.91 Å². The highest BCUT2D eigenvalue weighted by Gasteiger charge is 2.23. The highest BCUT2D eigenvalue weighted by atomic mass is 32.2. The van der Waals surface area contributed by atoms with Gasteiger partial charge in [-0.05, 0) is 6.42 Å². The largest absolute Gasteiger partial charge is 0.375 e. The zero-order chi connectivity index (χ0) is 16.9. The summed E-state index contributed by atoms with van der Waals surface area (Å²) in [4.78, 5) is 14.3. The lowest BCUT2D eigenvalue weighted by atomic mass is 10.2. The first-order valence-corrected chi connectivity index (χ1v) is 9.14. The van der Waals surface area contributed by atoms with Crippen molar-refractivity contribution in [2.75, 3.05) is 25.4 Å². The highest BCUT2D eigenvalue weighted by Crippen LogP contribution is 2.23. The molecule has 128 valence electrons. The van der Waals surface area contributed by atoms with Gasteiger partial charge >= 0.3 is 0 Å². The van der Waals surface area contributed by atoms with Crippen molar-refractivity contribution in [3.05, 3.63) is 30.3 Å². The number of benzene rings is 1. The molecule has 1 aromatic carbocycles. The van der Waals surface area contributed by atoms with Gasteiger partial charge in [-0.15, -0.1) is 10.2 Å². The van der Waals surface area contributed by atoms with Gasteiger partial charge < -0.3 is 14.2 Å². The number of hydrogen-bond donors (Lipinski definition) is 0. The quantitative estimate of drug-likeness (QED) is 0.777. The summed E-state index contributed by atoms with van der Waals surface area (Å²) in [5, 5.41) is 9.22. The molecule has 0 spiro atoms. The van der Waals surface area contributed by atoms with Gasteiger partial charge in [0, 0.05) is 25.7 Å². The monoisotopic (exact) mass is 346 g/mol. The van der Waals surface area contributed by atoms with Crippen LogP contribution in [0.5, 0.6) is 0 Å². The van der Waals surface area contributed by atoms with Crippen LogP contribution in [-0.4, -0.2) is 57.1 Å². The van der Waals surface area contributed by atoms with Crippen LogP contribution in [0.1, 0.15) is 13.3 Å². The Morgan fingerprint density at radius 2 is 2.12 bits per heavy atom. The van der Waals surface area contributed by atoms with Crippen LogP contribution < -0.4 is 0 Å². The number of amides is 1. The summed E-state index contributed by atoms with van der Waals surface area (Å²) in [6.07, 6.45) is 1.09. The molecule has 1 fully saturated rings. The molecule has 0 saturated carbocycles. The first-order chi connectivity index (χ1) is 11.7. The Kier molecular flexibility index (Phi) is 5.52. The van der Waals surface area contributed by atoms with Crippen molar-refractivity contribution in [2.24, 2.45) is 7.05 Å². The predicted molar refractivity (Wildman–Crippen MR) is 93.8 cm³/mol. The minimum absolute atomic E-state index is 0.131. The van der Waals surface area contributed by atoms with Crippen LogP contribution in [0.25, 0.3) is 11.4 Å². The number of aromatic nitrogens is 3. The molecule has 24 heavy (non-hydrogen) atoms. The van der Waals surface area contributed by atoms with Crippen molar-refractivity contribution < 1.29 is 9.53 Å². The third kappa shape index (κ3) is 3.79. The number of nitrogens with zero attached hydrogens (tertiary/aromatic N) is 4. The molecular formula is C17H22N4O2S. The zero-order valence-corrected chi connectivity index (χ0v) is 14.8. The SMILES string of the molecule is CCC1CN(C(=O)CSc2nnc(-c3ccccc3)n2C)CCO1. The third-order valence-electron chi connectivity index (χ3n) is 4.14. The fraction of sp³-hybridized carbons (Fsp3) is 0.471. The van der Waals surface area contributed by atoms with E-state index in [0.29, 0.717) is 25.4 Å². The average Bonchev–Trinajstić information content (AvgIpc) is 3.01. The second kappa shape index (κ2) is 7.81. The molecule has 1 atom stereocenters. The maximum atomic E-state index is 12.4. The van der Waals surface area contributed by atoms with Gasteiger partial charge in [0.05, 0.1) is 18.5 Å². The van der Waals surface area contributed by atoms with E-state index in [-0.39, 0.29) is 12.0 Å². The van der Waals surface area contributed by atoms with Gasteiger partial charge in [0.15, 0.2) is 11.0 Å². The normalized spacial score (nSPS) is 17.9. The van der Waals surface area contributed by atoms with Crippen molar-refractivity contribution in [3.63, 3.8) is 0 Å². The Bertz CT molecular complexity index is 689. The summed E-state index contributed by atoms with van der Waals surface area (Å²) in [6, 6.07) is 9.93. The Balaban J connectivity index is 1.61. The van der Waals surface area contributed by atoms with Crippen molar-refractivity contribution in [1.29, 1.82) is 0 Å². The lowest BCUT2D eigenvalue weighted by Crippen LogP contribution is -2.46. The first-order valence-electron chi connectivity index (χ1n) is 8.16. The maximum absolute atomic E-state index is 12.4. The van der Waals surface area contributed by atoms with E-state index in [4.69, 9.17) is 4.74 Å². The standard InChI is InChI=1S/C17H22N4O2S/c1-3-14-11-21(9-10-23-14)15(22)12-24-17-19-18-16(20(17)2)13-7-5-4-6-8-13/h4-8,14H,3,9-12H2,1-2H3. The number of carbonyl (C=O) groups is 1. The second-order valence-corrected chi connectivity index (χ2v) is 6.70. The van der Waals surface area contributed by atoms with Gasteiger partial charge in [-0.1, -0.05) is 49.0 Å². The lowest BCUT2D eigenvalue weighted by Gasteiger charge is -2.32. The zero-order valence-electron chi connectivity index (χ0n) is 14.0. The molecule has 6 nitrogen and oxygen atoms in total. The minimum atomic E-state index is 0.131. The lowest BCUT2D eigenvalue weighted by molar-refractivity contribution is -0.135. The van der Waals surface area contributed by atoms with Gasteiger partial charge in [0.1, 0.15) is 0 Å². The summed E-state index contributed by atoms with van der Waals surface area (Å²) >= 11 is 1.43. The molecule has 1 aliphatic rings. The molecule has 2 heterocycles. The van der Waals surface area contributed by atoms with Crippen LogP contribution in [0.4, 0.5) is 0 Å². The van der Waals surface area contributed by atoms with Crippen LogP contribution in [0.2, 0.25) is 0 Å². The van der Waals surface area contributed by atoms with E-state index >= 15 is 0 Å². The molecule has 0 bridgehead atoms. The molecule has 1 amide bonds. The smallest absolute Gasteiger partial charge is 0.233 e. The Morgan fingerprint density at radius 3 is 2.88 bits per heavy atom. The van der Waals surface area contributed by atoms with E-state index in [1.54, 1.807) is 0 Å². The molecule has 1 aliphatic heterocycles. The summed E-state index contributed by atoms with van der Waals surface area (Å²) < 4.78 is 7.55. The number of thioether (sulfide) groups is 1. The van der Waals surface area contributed by atoms with Crippen molar-refractivity contribution in [3.8, 4) is 11.4 Å². The summed E-state index contributed by atoms with van der Waals surface area (Å²) in [5.74, 6) is 1.31. The summed E-state index contributed by atoms with van der Waals surface area (Å²) in [6.45, 7) is 4.06. The number of rotatable bonds is 5. The average molecular weight is 346 g/mol. The third-order valence-corrected chi connectivity index (χ3v) is 5.14. The van der Waals surface area contributed by atoms with Crippen LogP contribution in [0.3, 0.4) is 0 Å². The van der Waals surface area contributed by atoms with E-state index in [0.717, 1.165) is 23.0 Å². The summed E-state index contributed by atoms with van der Waals surface area (Å²) in [5.41, 5.74) is 1.02. The van der Waals surface area contributed by atoms with Crippen LogP contribution >= 0.6 is 11.8 Å². The van der Waals surface area contributed by atoms with Crippen LogP contribution in [-0.2, 0) is 16.6 Å². The van der Waals surface area contributed by atoms with E-state index in [1.165, 1.54) is 11.8 Å². The number of carbonyl (C=O) groups excluding carboxylic acids is 1. The molecule has 2 aromatic rings. The Morgan fingerprint density at radius 1 is 1.33 bits per heavy atom. The fourth-order valence-electron chi connectivity index (χ4n) is 2.69. The molecule has 0 N–H and O–H groups in total. The van der Waals surface area contributed by atoms with Gasteiger partial charge in [-0.3, -0.25) is 4.79 Å². The molecule has 1 aromatic heterocycles. The van der Waals surface area contributed by atoms with Gasteiger partial charge in [0.25, 0.3) is 0 Å². The maximum Gasteiger partial charge on any atom is 0.233 e. The molecule has 1 unspecified atom stereocenters. The van der Waals surface area contributed by atoms with Crippen molar-refractivity contribution >= 4 is 17.7 Å². The van der Waals surface area contributed by atoms with Gasteiger partial charge in [-0.25, -0.2) is 0 Å². The minimum Gasteiger partial charge on any atom is -0.375 e. The van der Waals surface area contributed by atoms with Crippen molar-refractivity contribution in [1.82, 2.24) is 19.7 Å². The number of ether oxygens (including phenoxy) is 1. The van der Waals surface area contributed by atoms with Crippen LogP contribution in [0.15, 0.2) is 35.5 Å². The highest BCUT2D eigenvalue weighted by molar-refractivity contribution is 7.99. The molecular weight excluding hydrogens is 324 g/mol. The van der Waals surface area contributed by atoms with E-state index < -0.39 is 0 Å². The molecule has 7 heteroatoms. The van der Waals surface area contributed by atoms with Crippen molar-refractivity contribution in [2.45, 2.75) is 24.6 Å². The molecule has 0 radical (unpaired) electrons. The van der Waals surface area contributed by atoms with E-state index in [1.807, 2.05) is 46.8 Å². The topological polar surface area (TPSA) is 60.2 Å². The fourth-order valence-corrected chi connectivity index (χ4v) is 3.50. The number of morpholine rings is 1. The van der Waals surface area contributed by atoms with E-state index in [9.17, 15) is 4.79 Å². The molecule has 0 aliphatic carbocycles. The van der Waals surface area contributed by atoms with Gasteiger partial charge in [-0.2, -0.15) is 0 Å². The number of hydrogen-bond acceptors (Lipinski definition) is 5. The first kappa shape index (κ1) is 17.0. The molecule has 3 rings (SSSR count). The van der Waals surface area contributed by atoms with Crippen LogP contribution in [0, 0.1) is 0 Å².